The van der Waals surface area contributed by atoms with Crippen LogP contribution in [0.5, 0.6) is 0 Å². The number of hydrogen-bond donors (Lipinski definition) is 1. The van der Waals surface area contributed by atoms with Crippen molar-refractivity contribution < 1.29 is 9.53 Å². The van der Waals surface area contributed by atoms with Crippen molar-refractivity contribution in [3.63, 3.8) is 0 Å². The fraction of sp³-hybridized carbons (Fsp3) is 0.562. The first kappa shape index (κ1) is 15.0. The number of rotatable bonds is 5. The van der Waals surface area contributed by atoms with E-state index in [1.54, 1.807) is 7.11 Å². The Morgan fingerprint density at radius 2 is 2.15 bits per heavy atom. The Kier molecular flexibility index (Phi) is 4.45. The van der Waals surface area contributed by atoms with Crippen molar-refractivity contribution in [3.05, 3.63) is 35.4 Å². The maximum absolute atomic E-state index is 12.8. The standard InChI is InChI=1S/C16H24N2O2/c1-12(11-20-4)17-15(19)16(18(2)3)10-9-13-7-5-6-8-14(13)16/h5-8,12H,9-11H2,1-4H3,(H,17,19)/t12-,16+/m0/s1. The van der Waals surface area contributed by atoms with Crippen molar-refractivity contribution in [1.29, 1.82) is 0 Å². The van der Waals surface area contributed by atoms with Gasteiger partial charge >= 0.3 is 0 Å². The van der Waals surface area contributed by atoms with Gasteiger partial charge in [-0.2, -0.15) is 0 Å². The van der Waals surface area contributed by atoms with E-state index in [2.05, 4.69) is 17.4 Å². The van der Waals surface area contributed by atoms with Gasteiger partial charge in [0, 0.05) is 13.2 Å². The van der Waals surface area contributed by atoms with E-state index in [-0.39, 0.29) is 11.9 Å². The fourth-order valence-corrected chi connectivity index (χ4v) is 3.13. The SMILES string of the molecule is COC[C@H](C)NC(=O)[C@@]1(N(C)C)CCc2ccccc21. The number of ether oxygens (including phenoxy) is 1. The van der Waals surface area contributed by atoms with Crippen molar-refractivity contribution in [2.24, 2.45) is 0 Å². The maximum Gasteiger partial charge on any atom is 0.245 e. The van der Waals surface area contributed by atoms with E-state index in [1.807, 2.05) is 38.1 Å². The van der Waals surface area contributed by atoms with E-state index in [1.165, 1.54) is 5.56 Å². The molecule has 1 aliphatic rings. The number of methoxy groups -OCH3 is 1. The average molecular weight is 276 g/mol. The largest absolute Gasteiger partial charge is 0.383 e. The zero-order valence-corrected chi connectivity index (χ0v) is 12.8. The summed E-state index contributed by atoms with van der Waals surface area (Å²) in [6.45, 7) is 2.49. The van der Waals surface area contributed by atoms with E-state index in [9.17, 15) is 4.79 Å². The van der Waals surface area contributed by atoms with E-state index >= 15 is 0 Å². The summed E-state index contributed by atoms with van der Waals surface area (Å²) < 4.78 is 5.10. The third kappa shape index (κ3) is 2.45. The van der Waals surface area contributed by atoms with Crippen LogP contribution < -0.4 is 5.32 Å². The summed E-state index contributed by atoms with van der Waals surface area (Å²) in [5.41, 5.74) is 1.85. The number of nitrogens with one attached hydrogen (secondary N) is 1. The van der Waals surface area contributed by atoms with Gasteiger partial charge < -0.3 is 10.1 Å². The van der Waals surface area contributed by atoms with Gasteiger partial charge in [0.25, 0.3) is 0 Å². The molecule has 0 bridgehead atoms. The minimum atomic E-state index is -0.557. The van der Waals surface area contributed by atoms with Crippen LogP contribution in [0.4, 0.5) is 0 Å². The molecule has 110 valence electrons. The Morgan fingerprint density at radius 1 is 1.45 bits per heavy atom. The summed E-state index contributed by atoms with van der Waals surface area (Å²) in [6.07, 6.45) is 1.77. The van der Waals surface area contributed by atoms with Crippen LogP contribution >= 0.6 is 0 Å². The lowest BCUT2D eigenvalue weighted by Gasteiger charge is -2.36. The van der Waals surface area contributed by atoms with Crippen molar-refractivity contribution in [2.45, 2.75) is 31.3 Å². The molecule has 2 atom stereocenters. The van der Waals surface area contributed by atoms with Crippen LogP contribution in [-0.4, -0.2) is 44.7 Å². The third-order valence-corrected chi connectivity index (χ3v) is 4.15. The molecule has 0 radical (unpaired) electrons. The predicted octanol–water partition coefficient (Wildman–Crippen LogP) is 1.54. The summed E-state index contributed by atoms with van der Waals surface area (Å²) in [5, 5.41) is 3.08. The second-order valence-corrected chi connectivity index (χ2v) is 5.74. The second kappa shape index (κ2) is 5.94. The summed E-state index contributed by atoms with van der Waals surface area (Å²) >= 11 is 0. The highest BCUT2D eigenvalue weighted by atomic mass is 16.5. The summed E-state index contributed by atoms with van der Waals surface area (Å²) in [4.78, 5) is 14.9. The molecule has 1 amide bonds. The van der Waals surface area contributed by atoms with Crippen molar-refractivity contribution in [2.75, 3.05) is 27.8 Å². The van der Waals surface area contributed by atoms with E-state index in [0.29, 0.717) is 6.61 Å². The lowest BCUT2D eigenvalue weighted by molar-refractivity contribution is -0.133. The molecule has 0 saturated carbocycles. The normalized spacial score (nSPS) is 22.6. The minimum absolute atomic E-state index is 0.0112. The highest BCUT2D eigenvalue weighted by molar-refractivity contribution is 5.89. The zero-order valence-electron chi connectivity index (χ0n) is 12.8. The van der Waals surface area contributed by atoms with Crippen LogP contribution in [0, 0.1) is 0 Å². The second-order valence-electron chi connectivity index (χ2n) is 5.74. The van der Waals surface area contributed by atoms with Crippen molar-refractivity contribution in [1.82, 2.24) is 10.2 Å². The van der Waals surface area contributed by atoms with Gasteiger partial charge in [0.05, 0.1) is 6.61 Å². The van der Waals surface area contributed by atoms with Gasteiger partial charge in [0.1, 0.15) is 5.54 Å². The topological polar surface area (TPSA) is 41.6 Å². The van der Waals surface area contributed by atoms with Crippen LogP contribution in [0.3, 0.4) is 0 Å². The molecule has 0 spiro atoms. The quantitative estimate of drug-likeness (QED) is 0.887. The highest BCUT2D eigenvalue weighted by Crippen LogP contribution is 2.40. The van der Waals surface area contributed by atoms with Crippen LogP contribution in [0.15, 0.2) is 24.3 Å². The van der Waals surface area contributed by atoms with Gasteiger partial charge in [0.15, 0.2) is 0 Å². The number of fused-ring (bicyclic) bond motifs is 1. The smallest absolute Gasteiger partial charge is 0.245 e. The van der Waals surface area contributed by atoms with Crippen LogP contribution in [0.1, 0.15) is 24.5 Å². The summed E-state index contributed by atoms with van der Waals surface area (Å²) in [6, 6.07) is 8.25. The zero-order chi connectivity index (χ0) is 14.8. The van der Waals surface area contributed by atoms with E-state index in [4.69, 9.17) is 4.74 Å². The summed E-state index contributed by atoms with van der Waals surface area (Å²) in [7, 11) is 5.60. The molecule has 1 aromatic rings. The first-order valence-electron chi connectivity index (χ1n) is 7.08. The number of carbonyl (C=O) groups excluding carboxylic acids is 1. The van der Waals surface area contributed by atoms with Gasteiger partial charge in [0.2, 0.25) is 5.91 Å². The molecule has 0 fully saturated rings. The van der Waals surface area contributed by atoms with Gasteiger partial charge in [-0.3, -0.25) is 9.69 Å². The molecule has 4 heteroatoms. The molecule has 20 heavy (non-hydrogen) atoms. The number of nitrogens with zero attached hydrogens (tertiary/aromatic N) is 1. The maximum atomic E-state index is 12.8. The Bertz CT molecular complexity index is 487. The summed E-state index contributed by atoms with van der Waals surface area (Å²) in [5.74, 6) is 0.0667. The Morgan fingerprint density at radius 3 is 2.80 bits per heavy atom. The van der Waals surface area contributed by atoms with E-state index < -0.39 is 5.54 Å². The van der Waals surface area contributed by atoms with E-state index in [0.717, 1.165) is 18.4 Å². The van der Waals surface area contributed by atoms with Gasteiger partial charge in [-0.05, 0) is 45.0 Å². The number of amides is 1. The van der Waals surface area contributed by atoms with Gasteiger partial charge in [-0.15, -0.1) is 0 Å². The molecule has 0 unspecified atom stereocenters. The van der Waals surface area contributed by atoms with Crippen molar-refractivity contribution in [3.8, 4) is 0 Å². The molecule has 0 aromatic heterocycles. The molecule has 0 aliphatic heterocycles. The fourth-order valence-electron chi connectivity index (χ4n) is 3.13. The molecule has 4 nitrogen and oxygen atoms in total. The van der Waals surface area contributed by atoms with Crippen molar-refractivity contribution >= 4 is 5.91 Å². The lowest BCUT2D eigenvalue weighted by Crippen LogP contribution is -2.54. The minimum Gasteiger partial charge on any atom is -0.383 e. The molecular weight excluding hydrogens is 252 g/mol. The molecular formula is C16H24N2O2. The first-order chi connectivity index (χ1) is 9.52. The molecule has 1 aliphatic carbocycles. The van der Waals surface area contributed by atoms with Crippen LogP contribution in [0.2, 0.25) is 0 Å². The Hall–Kier alpha value is -1.39. The number of benzene rings is 1. The Labute approximate surface area is 121 Å². The lowest BCUT2D eigenvalue weighted by atomic mass is 9.89. The first-order valence-corrected chi connectivity index (χ1v) is 7.08. The number of likely N-dealkylation sites (N-methyl/N-ethyl adjacent to an activating group) is 1. The molecule has 1 aromatic carbocycles. The third-order valence-electron chi connectivity index (χ3n) is 4.15. The predicted molar refractivity (Wildman–Crippen MR) is 79.6 cm³/mol. The van der Waals surface area contributed by atoms with Crippen LogP contribution in [-0.2, 0) is 21.5 Å². The Balaban J connectivity index is 2.31. The average Bonchev–Trinajstić information content (AvgIpc) is 2.79. The molecule has 2 rings (SSSR count). The van der Waals surface area contributed by atoms with Gasteiger partial charge in [-0.1, -0.05) is 24.3 Å². The van der Waals surface area contributed by atoms with Gasteiger partial charge in [-0.25, -0.2) is 0 Å². The highest BCUT2D eigenvalue weighted by Gasteiger charge is 2.47. The molecule has 0 saturated heterocycles. The molecule has 0 heterocycles. The molecule has 1 N–H and O–H groups in total. The van der Waals surface area contributed by atoms with Crippen LogP contribution in [0.25, 0.3) is 0 Å². The number of hydrogen-bond acceptors (Lipinski definition) is 3. The number of aryl methyl sites for hydroxylation is 1. The number of carbonyl (C=O) groups is 1. The monoisotopic (exact) mass is 276 g/mol.